The molecule has 106 valence electrons. The van der Waals surface area contributed by atoms with Crippen molar-refractivity contribution >= 4 is 0 Å². The van der Waals surface area contributed by atoms with E-state index in [9.17, 15) is 0 Å². The van der Waals surface area contributed by atoms with E-state index in [1.807, 2.05) is 0 Å². The molecule has 0 aromatic rings. The molecule has 0 radical (unpaired) electrons. The summed E-state index contributed by atoms with van der Waals surface area (Å²) in [5.41, 5.74) is 0. The smallest absolute Gasteiger partial charge is 0.0607 e. The van der Waals surface area contributed by atoms with Crippen LogP contribution in [0.1, 0.15) is 46.0 Å². The zero-order chi connectivity index (χ0) is 12.8. The third kappa shape index (κ3) is 3.69. The first kappa shape index (κ1) is 14.3. The fourth-order valence-electron chi connectivity index (χ4n) is 3.45. The maximum absolute atomic E-state index is 6.01. The summed E-state index contributed by atoms with van der Waals surface area (Å²) in [6.07, 6.45) is 6.90. The van der Waals surface area contributed by atoms with Crippen molar-refractivity contribution in [1.82, 2.24) is 0 Å². The van der Waals surface area contributed by atoms with Crippen LogP contribution in [-0.4, -0.2) is 38.6 Å². The summed E-state index contributed by atoms with van der Waals surface area (Å²) in [5, 5.41) is 0. The summed E-state index contributed by atoms with van der Waals surface area (Å²) in [5.74, 6) is 1.28. The van der Waals surface area contributed by atoms with Crippen LogP contribution < -0.4 is 0 Å². The topological polar surface area (TPSA) is 27.7 Å². The van der Waals surface area contributed by atoms with E-state index in [0.717, 1.165) is 39.3 Å². The molecule has 0 aromatic heterocycles. The van der Waals surface area contributed by atoms with Gasteiger partial charge in [0.05, 0.1) is 12.2 Å². The van der Waals surface area contributed by atoms with Crippen molar-refractivity contribution in [2.24, 2.45) is 11.8 Å². The van der Waals surface area contributed by atoms with Crippen LogP contribution in [0.5, 0.6) is 0 Å². The van der Waals surface area contributed by atoms with Gasteiger partial charge in [-0.15, -0.1) is 0 Å². The highest BCUT2D eigenvalue weighted by molar-refractivity contribution is 4.85. The summed E-state index contributed by atoms with van der Waals surface area (Å²) in [4.78, 5) is 0. The monoisotopic (exact) mass is 256 g/mol. The van der Waals surface area contributed by atoms with E-state index >= 15 is 0 Å². The second-order valence-corrected chi connectivity index (χ2v) is 5.58. The molecule has 0 bridgehead atoms. The number of ether oxygens (including phenoxy) is 3. The van der Waals surface area contributed by atoms with Gasteiger partial charge in [0.15, 0.2) is 0 Å². The Morgan fingerprint density at radius 3 is 2.72 bits per heavy atom. The van der Waals surface area contributed by atoms with Gasteiger partial charge in [-0.05, 0) is 57.8 Å². The minimum Gasteiger partial charge on any atom is -0.382 e. The highest BCUT2D eigenvalue weighted by Crippen LogP contribution is 2.36. The molecule has 2 saturated heterocycles. The lowest BCUT2D eigenvalue weighted by Gasteiger charge is -2.42. The molecular weight excluding hydrogens is 228 g/mol. The van der Waals surface area contributed by atoms with Gasteiger partial charge in [0.1, 0.15) is 0 Å². The fraction of sp³-hybridized carbons (Fsp3) is 1.00. The summed E-state index contributed by atoms with van der Waals surface area (Å²) < 4.78 is 17.4. The second kappa shape index (κ2) is 7.46. The molecule has 0 aromatic carbocycles. The van der Waals surface area contributed by atoms with Gasteiger partial charge < -0.3 is 14.2 Å². The van der Waals surface area contributed by atoms with E-state index in [1.54, 1.807) is 0 Å². The molecule has 0 N–H and O–H groups in total. The molecule has 4 atom stereocenters. The molecule has 2 heterocycles. The zero-order valence-electron chi connectivity index (χ0n) is 11.9. The quantitative estimate of drug-likeness (QED) is 0.708. The molecule has 2 rings (SSSR count). The maximum atomic E-state index is 6.01. The second-order valence-electron chi connectivity index (χ2n) is 5.58. The Morgan fingerprint density at radius 1 is 1.11 bits per heavy atom. The Hall–Kier alpha value is -0.120. The van der Waals surface area contributed by atoms with E-state index in [0.29, 0.717) is 24.0 Å². The zero-order valence-corrected chi connectivity index (χ0v) is 11.9. The molecule has 3 nitrogen and oxygen atoms in total. The van der Waals surface area contributed by atoms with Crippen molar-refractivity contribution < 1.29 is 14.2 Å². The third-order valence-corrected chi connectivity index (χ3v) is 4.48. The van der Waals surface area contributed by atoms with Crippen molar-refractivity contribution in [1.29, 1.82) is 0 Å². The number of rotatable bonds is 5. The lowest BCUT2D eigenvalue weighted by Crippen LogP contribution is -2.43. The fourth-order valence-corrected chi connectivity index (χ4v) is 3.45. The van der Waals surface area contributed by atoms with Crippen molar-refractivity contribution in [2.45, 2.75) is 58.2 Å². The molecule has 2 aliphatic rings. The van der Waals surface area contributed by atoms with Gasteiger partial charge in [-0.2, -0.15) is 0 Å². The average molecular weight is 256 g/mol. The summed E-state index contributed by atoms with van der Waals surface area (Å²) >= 11 is 0. The normalized spacial score (nSPS) is 37.7. The van der Waals surface area contributed by atoms with Crippen molar-refractivity contribution in [3.8, 4) is 0 Å². The highest BCUT2D eigenvalue weighted by Gasteiger charge is 2.37. The number of hydrogen-bond donors (Lipinski definition) is 0. The molecule has 4 unspecified atom stereocenters. The first-order valence-electron chi connectivity index (χ1n) is 7.64. The lowest BCUT2D eigenvalue weighted by molar-refractivity contribution is -0.117. The minimum absolute atomic E-state index is 0.356. The molecule has 3 heteroatoms. The van der Waals surface area contributed by atoms with Gasteiger partial charge >= 0.3 is 0 Å². The van der Waals surface area contributed by atoms with Crippen LogP contribution >= 0.6 is 0 Å². The van der Waals surface area contributed by atoms with Crippen molar-refractivity contribution in [2.75, 3.05) is 26.4 Å². The number of hydrogen-bond acceptors (Lipinski definition) is 3. The Balaban J connectivity index is 1.90. The van der Waals surface area contributed by atoms with Crippen LogP contribution in [0.15, 0.2) is 0 Å². The Bertz CT molecular complexity index is 226. The van der Waals surface area contributed by atoms with Gasteiger partial charge in [-0.25, -0.2) is 0 Å². The maximum Gasteiger partial charge on any atom is 0.0607 e. The largest absolute Gasteiger partial charge is 0.382 e. The summed E-state index contributed by atoms with van der Waals surface area (Å²) in [6, 6.07) is 0. The Labute approximate surface area is 111 Å². The van der Waals surface area contributed by atoms with Crippen LogP contribution in [0, 0.1) is 11.8 Å². The van der Waals surface area contributed by atoms with Gasteiger partial charge in [0.25, 0.3) is 0 Å². The average Bonchev–Trinajstić information content (AvgIpc) is 2.42. The van der Waals surface area contributed by atoms with E-state index in [4.69, 9.17) is 14.2 Å². The Morgan fingerprint density at radius 2 is 2.00 bits per heavy atom. The van der Waals surface area contributed by atoms with E-state index < -0.39 is 0 Å². The molecular formula is C15H28O3. The minimum atomic E-state index is 0.356. The van der Waals surface area contributed by atoms with Crippen LogP contribution in [0.4, 0.5) is 0 Å². The lowest BCUT2D eigenvalue weighted by atomic mass is 9.76. The van der Waals surface area contributed by atoms with Crippen molar-refractivity contribution in [3.05, 3.63) is 0 Å². The van der Waals surface area contributed by atoms with Crippen LogP contribution in [0.3, 0.4) is 0 Å². The van der Waals surface area contributed by atoms with Crippen LogP contribution in [-0.2, 0) is 14.2 Å². The van der Waals surface area contributed by atoms with Gasteiger partial charge in [-0.1, -0.05) is 0 Å². The summed E-state index contributed by atoms with van der Waals surface area (Å²) in [7, 11) is 0. The molecule has 0 spiro atoms. The van der Waals surface area contributed by atoms with E-state index in [-0.39, 0.29) is 0 Å². The molecule has 2 aliphatic heterocycles. The standard InChI is InChI=1S/C15H28O3/c1-3-16-10-7-13-12(2)17-11-8-14(13)15-6-4-5-9-18-15/h12-15H,3-11H2,1-2H3. The van der Waals surface area contributed by atoms with Gasteiger partial charge in [-0.3, -0.25) is 0 Å². The summed E-state index contributed by atoms with van der Waals surface area (Å²) in [6.45, 7) is 7.80. The van der Waals surface area contributed by atoms with Gasteiger partial charge in [0.2, 0.25) is 0 Å². The Kier molecular flexibility index (Phi) is 5.93. The highest BCUT2D eigenvalue weighted by atomic mass is 16.5. The van der Waals surface area contributed by atoms with E-state index in [1.165, 1.54) is 19.3 Å². The SMILES string of the molecule is CCOCCC1C(C)OCCC1C1CCCCO1. The first-order valence-corrected chi connectivity index (χ1v) is 7.64. The van der Waals surface area contributed by atoms with Gasteiger partial charge in [0, 0.05) is 26.4 Å². The predicted molar refractivity (Wildman–Crippen MR) is 71.7 cm³/mol. The van der Waals surface area contributed by atoms with Crippen LogP contribution in [0.25, 0.3) is 0 Å². The molecule has 18 heavy (non-hydrogen) atoms. The molecule has 2 fully saturated rings. The molecule has 0 aliphatic carbocycles. The van der Waals surface area contributed by atoms with Crippen molar-refractivity contribution in [3.63, 3.8) is 0 Å². The molecule has 0 amide bonds. The predicted octanol–water partition coefficient (Wildman–Crippen LogP) is 3.02. The first-order chi connectivity index (χ1) is 8.83. The van der Waals surface area contributed by atoms with Crippen LogP contribution in [0.2, 0.25) is 0 Å². The molecule has 0 saturated carbocycles. The van der Waals surface area contributed by atoms with E-state index in [2.05, 4.69) is 13.8 Å². The third-order valence-electron chi connectivity index (χ3n) is 4.48.